The normalized spacial score (nSPS) is 35.7. The van der Waals surface area contributed by atoms with Crippen molar-refractivity contribution >= 4 is 29.5 Å². The van der Waals surface area contributed by atoms with Gasteiger partial charge in [-0.2, -0.15) is 0 Å². The first-order valence-corrected chi connectivity index (χ1v) is 11.6. The highest BCUT2D eigenvalue weighted by Gasteiger charge is 2.41. The Morgan fingerprint density at radius 3 is 2.67 bits per heavy atom. The molecule has 5 aliphatic rings. The van der Waals surface area contributed by atoms with Gasteiger partial charge >= 0.3 is 0 Å². The Labute approximate surface area is 178 Å². The van der Waals surface area contributed by atoms with Crippen LogP contribution >= 0.6 is 0 Å². The van der Waals surface area contributed by atoms with Crippen LogP contribution in [0.2, 0.25) is 0 Å². The number of amidine groups is 1. The van der Waals surface area contributed by atoms with Gasteiger partial charge in [-0.05, 0) is 74.6 Å². The largest absolute Gasteiger partial charge is 0.372 e. The van der Waals surface area contributed by atoms with Gasteiger partial charge in [0.25, 0.3) is 0 Å². The first-order valence-electron chi connectivity index (χ1n) is 11.6. The van der Waals surface area contributed by atoms with E-state index in [0.29, 0.717) is 6.04 Å². The molecule has 3 heterocycles. The lowest BCUT2D eigenvalue weighted by molar-refractivity contribution is 0.417. The van der Waals surface area contributed by atoms with Crippen LogP contribution < -0.4 is 20.9 Å². The van der Waals surface area contributed by atoms with Crippen LogP contribution in [-0.4, -0.2) is 49.5 Å². The number of fused-ring (bicyclic) bond motifs is 3. The molecule has 3 aliphatic heterocycles. The zero-order chi connectivity index (χ0) is 19.9. The van der Waals surface area contributed by atoms with E-state index in [1.165, 1.54) is 50.6 Å². The molecule has 2 bridgehead atoms. The number of aliphatic imine (C=N–C) groups is 3. The van der Waals surface area contributed by atoms with E-state index >= 15 is 0 Å². The molecule has 0 amide bonds. The lowest BCUT2D eigenvalue weighted by atomic mass is 9.96. The van der Waals surface area contributed by atoms with Crippen LogP contribution in [0.1, 0.15) is 44.9 Å². The predicted octanol–water partition coefficient (Wildman–Crippen LogP) is 2.96. The third-order valence-corrected chi connectivity index (χ3v) is 7.44. The Bertz CT molecular complexity index is 868. The fraction of sp³-hybridized carbons (Fsp3) is 0.609. The molecular weight excluding hydrogens is 374 g/mol. The number of rotatable bonds is 3. The van der Waals surface area contributed by atoms with Crippen molar-refractivity contribution in [3.8, 4) is 0 Å². The van der Waals surface area contributed by atoms with Crippen molar-refractivity contribution in [3.05, 3.63) is 24.3 Å². The van der Waals surface area contributed by atoms with Gasteiger partial charge in [0.2, 0.25) is 5.96 Å². The molecular formula is C23H31N7. The molecule has 30 heavy (non-hydrogen) atoms. The summed E-state index contributed by atoms with van der Waals surface area (Å²) in [7, 11) is 0. The summed E-state index contributed by atoms with van der Waals surface area (Å²) in [6.45, 7) is 2.33. The van der Waals surface area contributed by atoms with Gasteiger partial charge in [-0.3, -0.25) is 4.99 Å². The van der Waals surface area contributed by atoms with Crippen LogP contribution in [-0.2, 0) is 0 Å². The zero-order valence-electron chi connectivity index (χ0n) is 17.4. The number of nitrogens with one attached hydrogen (secondary N) is 3. The van der Waals surface area contributed by atoms with E-state index in [-0.39, 0.29) is 12.2 Å². The summed E-state index contributed by atoms with van der Waals surface area (Å²) in [5.74, 6) is 3.38. The molecule has 0 aromatic heterocycles. The Hall–Kier alpha value is -2.57. The van der Waals surface area contributed by atoms with E-state index in [1.54, 1.807) is 6.34 Å². The van der Waals surface area contributed by atoms with E-state index in [0.717, 1.165) is 42.4 Å². The van der Waals surface area contributed by atoms with Crippen molar-refractivity contribution < 1.29 is 0 Å². The molecule has 7 heteroatoms. The molecule has 1 aromatic carbocycles. The molecule has 1 aromatic rings. The maximum Gasteiger partial charge on any atom is 0.203 e. The number of anilines is 2. The van der Waals surface area contributed by atoms with Crippen molar-refractivity contribution in [2.75, 3.05) is 23.3 Å². The second kappa shape index (κ2) is 7.60. The fourth-order valence-electron chi connectivity index (χ4n) is 5.83. The minimum absolute atomic E-state index is 0.0381. The minimum Gasteiger partial charge on any atom is -0.372 e. The first kappa shape index (κ1) is 18.2. The molecule has 2 aliphatic carbocycles. The lowest BCUT2D eigenvalue weighted by Crippen LogP contribution is -2.55. The molecule has 3 fully saturated rings. The van der Waals surface area contributed by atoms with E-state index in [4.69, 9.17) is 9.98 Å². The summed E-state index contributed by atoms with van der Waals surface area (Å²) < 4.78 is 0. The average Bonchev–Trinajstić information content (AvgIpc) is 3.52. The van der Waals surface area contributed by atoms with Crippen molar-refractivity contribution in [1.82, 2.24) is 10.6 Å². The van der Waals surface area contributed by atoms with Crippen molar-refractivity contribution in [3.63, 3.8) is 0 Å². The average molecular weight is 406 g/mol. The highest BCUT2D eigenvalue weighted by atomic mass is 15.3. The molecule has 7 nitrogen and oxygen atoms in total. The van der Waals surface area contributed by atoms with Gasteiger partial charge in [0.1, 0.15) is 11.9 Å². The molecule has 1 saturated heterocycles. The Morgan fingerprint density at radius 2 is 1.90 bits per heavy atom. The lowest BCUT2D eigenvalue weighted by Gasteiger charge is -2.29. The summed E-state index contributed by atoms with van der Waals surface area (Å²) in [6, 6.07) is 9.19. The second-order valence-electron chi connectivity index (χ2n) is 9.41. The van der Waals surface area contributed by atoms with Gasteiger partial charge in [0, 0.05) is 24.5 Å². The molecule has 0 spiro atoms. The molecule has 3 N–H and O–H groups in total. The Balaban J connectivity index is 1.17. The van der Waals surface area contributed by atoms with Gasteiger partial charge in [0.05, 0.1) is 12.4 Å². The fourth-order valence-corrected chi connectivity index (χ4v) is 5.83. The quantitative estimate of drug-likeness (QED) is 0.723. The monoisotopic (exact) mass is 405 g/mol. The topological polar surface area (TPSA) is 76.4 Å². The number of benzene rings is 1. The highest BCUT2D eigenvalue weighted by Crippen LogP contribution is 2.46. The van der Waals surface area contributed by atoms with Crippen LogP contribution in [0.3, 0.4) is 0 Å². The van der Waals surface area contributed by atoms with Gasteiger partial charge < -0.3 is 20.9 Å². The van der Waals surface area contributed by atoms with Crippen molar-refractivity contribution in [2.45, 2.75) is 63.2 Å². The minimum atomic E-state index is -0.140. The molecule has 6 rings (SSSR count). The van der Waals surface area contributed by atoms with Crippen molar-refractivity contribution in [1.29, 1.82) is 0 Å². The molecule has 0 radical (unpaired) electrons. The molecule has 5 unspecified atom stereocenters. The van der Waals surface area contributed by atoms with Crippen molar-refractivity contribution in [2.24, 2.45) is 26.8 Å². The maximum absolute atomic E-state index is 5.16. The van der Waals surface area contributed by atoms with Gasteiger partial charge in [-0.25, -0.2) is 9.98 Å². The molecule has 2 saturated carbocycles. The summed E-state index contributed by atoms with van der Waals surface area (Å²) in [6.07, 6.45) is 10.9. The van der Waals surface area contributed by atoms with Gasteiger partial charge in [0.15, 0.2) is 6.17 Å². The third-order valence-electron chi connectivity index (χ3n) is 7.44. The van der Waals surface area contributed by atoms with Crippen LogP contribution in [0.4, 0.5) is 11.4 Å². The number of piperidine rings is 1. The van der Waals surface area contributed by atoms with Crippen LogP contribution in [0, 0.1) is 11.8 Å². The standard InChI is InChI=1S/C23H31N7/c1-2-10-30(11-3-1)18-8-6-17(7-9-18)26-23-28-21-20(24-14-25-21)22(29-23)27-19-13-15-4-5-16(19)12-15/h6-9,14-16,19-21H,1-5,10-13H2,(H,24,25)(H2,26,27,28,29). The predicted molar refractivity (Wildman–Crippen MR) is 123 cm³/mol. The summed E-state index contributed by atoms with van der Waals surface area (Å²) in [5, 5.41) is 10.3. The van der Waals surface area contributed by atoms with E-state index in [2.05, 4.69) is 50.1 Å². The van der Waals surface area contributed by atoms with Gasteiger partial charge in [-0.15, -0.1) is 0 Å². The number of guanidine groups is 1. The van der Waals surface area contributed by atoms with Crippen LogP contribution in [0.15, 0.2) is 39.2 Å². The van der Waals surface area contributed by atoms with Gasteiger partial charge in [-0.1, -0.05) is 6.42 Å². The zero-order valence-corrected chi connectivity index (χ0v) is 17.4. The second-order valence-corrected chi connectivity index (χ2v) is 9.41. The SMILES string of the molecule is C1=NC2N=C(Nc3ccc(N4CCCCC4)cc3)NC(=NC3CC4CCC3C4)C2N1. The number of nitrogens with zero attached hydrogens (tertiary/aromatic N) is 4. The van der Waals surface area contributed by atoms with E-state index in [9.17, 15) is 0 Å². The van der Waals surface area contributed by atoms with Crippen LogP contribution in [0.5, 0.6) is 0 Å². The summed E-state index contributed by atoms with van der Waals surface area (Å²) in [5.41, 5.74) is 2.34. The Morgan fingerprint density at radius 1 is 1.03 bits per heavy atom. The highest BCUT2D eigenvalue weighted by molar-refractivity contribution is 6.10. The maximum atomic E-state index is 5.16. The number of hydrogen-bond acceptors (Lipinski definition) is 6. The first-order chi connectivity index (χ1) is 14.8. The summed E-state index contributed by atoms with van der Waals surface area (Å²) >= 11 is 0. The molecule has 158 valence electrons. The van der Waals surface area contributed by atoms with E-state index < -0.39 is 0 Å². The molecule has 5 atom stereocenters. The van der Waals surface area contributed by atoms with Crippen LogP contribution in [0.25, 0.3) is 0 Å². The third kappa shape index (κ3) is 3.44. The Kier molecular flexibility index (Phi) is 4.61. The number of hydrogen-bond donors (Lipinski definition) is 3. The van der Waals surface area contributed by atoms with E-state index in [1.807, 2.05) is 0 Å². The summed E-state index contributed by atoms with van der Waals surface area (Å²) in [4.78, 5) is 16.9. The smallest absolute Gasteiger partial charge is 0.203 e.